The van der Waals surface area contributed by atoms with E-state index >= 15 is 0 Å². The maximum atomic E-state index is 11.4. The molecule has 0 radical (unpaired) electrons. The van der Waals surface area contributed by atoms with Gasteiger partial charge in [-0.2, -0.15) is 0 Å². The van der Waals surface area contributed by atoms with E-state index in [0.717, 1.165) is 37.7 Å². The number of para-hydroxylation sites is 1. The van der Waals surface area contributed by atoms with E-state index in [1.165, 1.54) is 11.3 Å². The molecule has 0 spiro atoms. The van der Waals surface area contributed by atoms with Crippen molar-refractivity contribution in [1.82, 2.24) is 5.32 Å². The summed E-state index contributed by atoms with van der Waals surface area (Å²) in [6, 6.07) is 8.56. The average Bonchev–Trinajstić information content (AvgIpc) is 2.40. The summed E-state index contributed by atoms with van der Waals surface area (Å²) in [6.45, 7) is 8.21. The molecule has 0 aliphatic carbocycles. The largest absolute Gasteiger partial charge is 0.369 e. The lowest BCUT2D eigenvalue weighted by Gasteiger charge is -2.30. The summed E-state index contributed by atoms with van der Waals surface area (Å²) in [7, 11) is -0.610. The molecule has 0 amide bonds. The van der Waals surface area contributed by atoms with E-state index in [0.29, 0.717) is 5.92 Å². The third-order valence-corrected chi connectivity index (χ3v) is 4.65. The highest BCUT2D eigenvalue weighted by Crippen LogP contribution is 2.21. The molecule has 0 unspecified atom stereocenters. The van der Waals surface area contributed by atoms with Crippen LogP contribution in [-0.4, -0.2) is 35.3 Å². The predicted molar refractivity (Wildman–Crippen MR) is 83.1 cm³/mol. The molecule has 1 aliphatic heterocycles. The van der Waals surface area contributed by atoms with Crippen LogP contribution < -0.4 is 10.2 Å². The van der Waals surface area contributed by atoms with Crippen LogP contribution in [0.2, 0.25) is 0 Å². The average molecular weight is 280 g/mol. The zero-order valence-corrected chi connectivity index (χ0v) is 12.7. The van der Waals surface area contributed by atoms with Crippen molar-refractivity contribution >= 4 is 16.5 Å². The van der Waals surface area contributed by atoms with E-state index in [4.69, 9.17) is 0 Å². The second kappa shape index (κ2) is 7.06. The molecule has 1 N–H and O–H groups in total. The van der Waals surface area contributed by atoms with Crippen LogP contribution in [0.1, 0.15) is 19.4 Å². The van der Waals surface area contributed by atoms with Gasteiger partial charge in [-0.25, -0.2) is 0 Å². The topological polar surface area (TPSA) is 32.3 Å². The quantitative estimate of drug-likeness (QED) is 0.895. The van der Waals surface area contributed by atoms with Crippen LogP contribution in [0.15, 0.2) is 24.3 Å². The van der Waals surface area contributed by atoms with Gasteiger partial charge in [-0.3, -0.25) is 4.21 Å². The van der Waals surface area contributed by atoms with Crippen molar-refractivity contribution in [2.45, 2.75) is 20.4 Å². The lowest BCUT2D eigenvalue weighted by Crippen LogP contribution is -2.38. The first-order chi connectivity index (χ1) is 9.16. The minimum Gasteiger partial charge on any atom is -0.369 e. The van der Waals surface area contributed by atoms with Crippen molar-refractivity contribution in [3.8, 4) is 0 Å². The third kappa shape index (κ3) is 4.32. The summed E-state index contributed by atoms with van der Waals surface area (Å²) in [5.74, 6) is 2.27. The Morgan fingerprint density at radius 1 is 1.26 bits per heavy atom. The van der Waals surface area contributed by atoms with Crippen molar-refractivity contribution in [1.29, 1.82) is 0 Å². The molecule has 19 heavy (non-hydrogen) atoms. The molecular weight excluding hydrogens is 256 g/mol. The number of nitrogens with one attached hydrogen (secondary N) is 1. The Hall–Kier alpha value is -0.870. The monoisotopic (exact) mass is 280 g/mol. The Labute approximate surface area is 118 Å². The van der Waals surface area contributed by atoms with Gasteiger partial charge in [0, 0.05) is 47.6 Å². The van der Waals surface area contributed by atoms with Gasteiger partial charge in [0.1, 0.15) is 0 Å². The third-order valence-electron chi connectivity index (χ3n) is 3.38. The lowest BCUT2D eigenvalue weighted by atomic mass is 10.1. The minimum absolute atomic E-state index is 0.610. The highest BCUT2D eigenvalue weighted by Gasteiger charge is 2.17. The molecule has 106 valence electrons. The van der Waals surface area contributed by atoms with Crippen LogP contribution in [0.3, 0.4) is 0 Å². The molecule has 0 saturated carbocycles. The minimum atomic E-state index is -0.610. The number of rotatable bonds is 5. The van der Waals surface area contributed by atoms with E-state index in [2.05, 4.69) is 48.3 Å². The molecule has 2 rings (SSSR count). The highest BCUT2D eigenvalue weighted by atomic mass is 32.2. The van der Waals surface area contributed by atoms with Crippen LogP contribution in [0, 0.1) is 5.92 Å². The van der Waals surface area contributed by atoms with Crippen molar-refractivity contribution in [3.63, 3.8) is 0 Å². The zero-order chi connectivity index (χ0) is 13.7. The summed E-state index contributed by atoms with van der Waals surface area (Å²) in [5, 5.41) is 3.50. The van der Waals surface area contributed by atoms with Gasteiger partial charge in [0.15, 0.2) is 0 Å². The maximum Gasteiger partial charge on any atom is 0.0412 e. The SMILES string of the molecule is CC(C)CNCc1ccccc1N1CCS(=O)CC1. The predicted octanol–water partition coefficient (Wildman–Crippen LogP) is 2.00. The molecule has 1 aliphatic rings. The first kappa shape index (κ1) is 14.5. The molecule has 1 fully saturated rings. The van der Waals surface area contributed by atoms with Crippen LogP contribution >= 0.6 is 0 Å². The maximum absolute atomic E-state index is 11.4. The number of anilines is 1. The van der Waals surface area contributed by atoms with Crippen LogP contribution in [0.4, 0.5) is 5.69 Å². The van der Waals surface area contributed by atoms with Gasteiger partial charge >= 0.3 is 0 Å². The number of benzene rings is 1. The smallest absolute Gasteiger partial charge is 0.0412 e. The van der Waals surface area contributed by atoms with Crippen LogP contribution in [-0.2, 0) is 17.3 Å². The molecule has 1 aromatic rings. The summed E-state index contributed by atoms with van der Waals surface area (Å²) < 4.78 is 11.4. The first-order valence-electron chi connectivity index (χ1n) is 7.05. The number of nitrogens with zero attached hydrogens (tertiary/aromatic N) is 1. The van der Waals surface area contributed by atoms with E-state index < -0.39 is 10.8 Å². The van der Waals surface area contributed by atoms with Gasteiger partial charge in [0.25, 0.3) is 0 Å². The van der Waals surface area contributed by atoms with Crippen molar-refractivity contribution in [2.24, 2.45) is 5.92 Å². The fourth-order valence-corrected chi connectivity index (χ4v) is 3.40. The number of hydrogen-bond donors (Lipinski definition) is 1. The normalized spacial score (nSPS) is 17.1. The molecule has 1 aromatic carbocycles. The molecule has 1 heterocycles. The van der Waals surface area contributed by atoms with Gasteiger partial charge in [-0.15, -0.1) is 0 Å². The van der Waals surface area contributed by atoms with E-state index in [-0.39, 0.29) is 0 Å². The van der Waals surface area contributed by atoms with Gasteiger partial charge in [-0.1, -0.05) is 32.0 Å². The fourth-order valence-electron chi connectivity index (χ4n) is 2.34. The lowest BCUT2D eigenvalue weighted by molar-refractivity contribution is 0.552. The first-order valence-corrected chi connectivity index (χ1v) is 8.54. The molecule has 0 aromatic heterocycles. The molecule has 0 bridgehead atoms. The molecule has 0 atom stereocenters. The van der Waals surface area contributed by atoms with Crippen molar-refractivity contribution in [2.75, 3.05) is 36.0 Å². The van der Waals surface area contributed by atoms with E-state index in [9.17, 15) is 4.21 Å². The Morgan fingerprint density at radius 2 is 1.95 bits per heavy atom. The Morgan fingerprint density at radius 3 is 2.63 bits per heavy atom. The molecule has 1 saturated heterocycles. The van der Waals surface area contributed by atoms with Crippen LogP contribution in [0.25, 0.3) is 0 Å². The molecular formula is C15H24N2OS. The van der Waals surface area contributed by atoms with Gasteiger partial charge < -0.3 is 10.2 Å². The standard InChI is InChI=1S/C15H24N2OS/c1-13(2)11-16-12-14-5-3-4-6-15(14)17-7-9-19(18)10-8-17/h3-6,13,16H,7-12H2,1-2H3. The van der Waals surface area contributed by atoms with Crippen LogP contribution in [0.5, 0.6) is 0 Å². The fraction of sp³-hybridized carbons (Fsp3) is 0.600. The Kier molecular flexibility index (Phi) is 5.40. The summed E-state index contributed by atoms with van der Waals surface area (Å²) in [6.07, 6.45) is 0. The van der Waals surface area contributed by atoms with Crippen molar-refractivity contribution < 1.29 is 4.21 Å². The number of hydrogen-bond acceptors (Lipinski definition) is 3. The van der Waals surface area contributed by atoms with Gasteiger partial charge in [0.2, 0.25) is 0 Å². The van der Waals surface area contributed by atoms with Gasteiger partial charge in [0.05, 0.1) is 0 Å². The summed E-state index contributed by atoms with van der Waals surface area (Å²) >= 11 is 0. The second-order valence-corrected chi connectivity index (χ2v) is 7.18. The summed E-state index contributed by atoms with van der Waals surface area (Å²) in [5.41, 5.74) is 2.64. The Balaban J connectivity index is 2.01. The van der Waals surface area contributed by atoms with E-state index in [1.807, 2.05) is 0 Å². The van der Waals surface area contributed by atoms with E-state index in [1.54, 1.807) is 0 Å². The van der Waals surface area contributed by atoms with Gasteiger partial charge in [-0.05, 0) is 24.1 Å². The zero-order valence-electron chi connectivity index (χ0n) is 11.9. The molecule has 3 nitrogen and oxygen atoms in total. The highest BCUT2D eigenvalue weighted by molar-refractivity contribution is 7.85. The Bertz CT molecular complexity index is 424. The second-order valence-electron chi connectivity index (χ2n) is 5.49. The van der Waals surface area contributed by atoms with Crippen molar-refractivity contribution in [3.05, 3.63) is 29.8 Å². The molecule has 4 heteroatoms. The summed E-state index contributed by atoms with van der Waals surface area (Å²) in [4.78, 5) is 2.37.